The smallest absolute Gasteiger partial charge is 0.0540 e. The van der Waals surface area contributed by atoms with Crippen molar-refractivity contribution in [2.24, 2.45) is 0 Å². The Labute approximate surface area is 393 Å². The standard InChI is InChI=1S/C66H47N/c1-66(56-22-6-3-7-23-56)62-27-12-10-25-61(62)65-60(26-15-28-63(65)66)51-38-42-58(43-39-51)67(64-29-13-11-24-59(64)55-21-14-20-53(45-55)46-16-4-2-5-17-46)57-40-36-49(37-41-57)48-30-32-50(33-31-48)54-35-34-47-18-8-9-19-52(47)44-54/h2-45H,1H3. The molecule has 11 aromatic carbocycles. The summed E-state index contributed by atoms with van der Waals surface area (Å²) in [6, 6.07) is 97.6. The van der Waals surface area contributed by atoms with Gasteiger partial charge in [-0.1, -0.05) is 224 Å². The summed E-state index contributed by atoms with van der Waals surface area (Å²) in [7, 11) is 0. The number of hydrogen-bond donors (Lipinski definition) is 0. The van der Waals surface area contributed by atoms with Crippen LogP contribution in [0.3, 0.4) is 0 Å². The minimum atomic E-state index is -0.257. The molecular weight excluding hydrogens is 807 g/mol. The molecule has 1 nitrogen and oxygen atoms in total. The molecule has 0 amide bonds. The van der Waals surface area contributed by atoms with Gasteiger partial charge in [0.15, 0.2) is 0 Å². The molecule has 1 unspecified atom stereocenters. The third kappa shape index (κ3) is 7.13. The van der Waals surface area contributed by atoms with Crippen LogP contribution in [0.5, 0.6) is 0 Å². The molecule has 0 N–H and O–H groups in total. The highest BCUT2D eigenvalue weighted by molar-refractivity contribution is 5.95. The number of rotatable bonds is 9. The molecule has 11 aromatic rings. The topological polar surface area (TPSA) is 3.24 Å². The summed E-state index contributed by atoms with van der Waals surface area (Å²) in [4.78, 5) is 2.41. The predicted octanol–water partition coefficient (Wildman–Crippen LogP) is 18.0. The third-order valence-electron chi connectivity index (χ3n) is 14.0. The molecule has 0 heterocycles. The summed E-state index contributed by atoms with van der Waals surface area (Å²) >= 11 is 0. The molecule has 0 fully saturated rings. The van der Waals surface area contributed by atoms with Crippen LogP contribution in [0.15, 0.2) is 267 Å². The van der Waals surface area contributed by atoms with Crippen molar-refractivity contribution in [3.63, 3.8) is 0 Å². The molecule has 0 spiro atoms. The zero-order chi connectivity index (χ0) is 44.7. The monoisotopic (exact) mass is 853 g/mol. The fourth-order valence-corrected chi connectivity index (χ4v) is 10.5. The van der Waals surface area contributed by atoms with Crippen LogP contribution < -0.4 is 4.90 Å². The zero-order valence-electron chi connectivity index (χ0n) is 37.4. The molecule has 12 rings (SSSR count). The van der Waals surface area contributed by atoms with Gasteiger partial charge in [0, 0.05) is 22.4 Å². The fourth-order valence-electron chi connectivity index (χ4n) is 10.5. The van der Waals surface area contributed by atoms with Crippen LogP contribution in [0.4, 0.5) is 17.1 Å². The molecule has 0 aromatic heterocycles. The molecule has 0 saturated carbocycles. The maximum Gasteiger partial charge on any atom is 0.0540 e. The highest BCUT2D eigenvalue weighted by atomic mass is 15.1. The normalized spacial score (nSPS) is 13.8. The summed E-state index contributed by atoms with van der Waals surface area (Å²) in [6.45, 7) is 2.39. The molecule has 1 heteroatoms. The van der Waals surface area contributed by atoms with Crippen molar-refractivity contribution in [2.45, 2.75) is 12.3 Å². The molecule has 1 aliphatic rings. The predicted molar refractivity (Wildman–Crippen MR) is 283 cm³/mol. The Bertz CT molecular complexity index is 3550. The van der Waals surface area contributed by atoms with Crippen LogP contribution in [-0.2, 0) is 5.41 Å². The van der Waals surface area contributed by atoms with Crippen LogP contribution in [0.25, 0.3) is 77.5 Å². The second-order valence-electron chi connectivity index (χ2n) is 17.8. The highest BCUT2D eigenvalue weighted by Crippen LogP contribution is 2.55. The van der Waals surface area contributed by atoms with E-state index < -0.39 is 0 Å². The largest absolute Gasteiger partial charge is 0.310 e. The van der Waals surface area contributed by atoms with Crippen molar-refractivity contribution in [3.05, 3.63) is 284 Å². The van der Waals surface area contributed by atoms with Crippen molar-refractivity contribution in [2.75, 3.05) is 4.90 Å². The van der Waals surface area contributed by atoms with Gasteiger partial charge in [-0.3, -0.25) is 0 Å². The second-order valence-corrected chi connectivity index (χ2v) is 17.8. The first-order chi connectivity index (χ1) is 33.1. The number of nitrogens with zero attached hydrogens (tertiary/aromatic N) is 1. The van der Waals surface area contributed by atoms with Crippen LogP contribution in [0.2, 0.25) is 0 Å². The molecule has 316 valence electrons. The van der Waals surface area contributed by atoms with E-state index in [1.807, 2.05) is 0 Å². The summed E-state index contributed by atoms with van der Waals surface area (Å²) < 4.78 is 0. The van der Waals surface area contributed by atoms with Gasteiger partial charge in [0.1, 0.15) is 0 Å². The molecule has 0 saturated heterocycles. The first-order valence-corrected chi connectivity index (χ1v) is 23.2. The van der Waals surface area contributed by atoms with Crippen molar-refractivity contribution in [1.29, 1.82) is 0 Å². The van der Waals surface area contributed by atoms with E-state index in [9.17, 15) is 0 Å². The Hall–Kier alpha value is -8.52. The van der Waals surface area contributed by atoms with Crippen molar-refractivity contribution in [1.82, 2.24) is 0 Å². The quantitative estimate of drug-likeness (QED) is 0.140. The first kappa shape index (κ1) is 40.0. The lowest BCUT2D eigenvalue weighted by Gasteiger charge is -2.29. The van der Waals surface area contributed by atoms with Gasteiger partial charge >= 0.3 is 0 Å². The van der Waals surface area contributed by atoms with Gasteiger partial charge in [0.2, 0.25) is 0 Å². The molecule has 0 aliphatic heterocycles. The van der Waals surface area contributed by atoms with Gasteiger partial charge in [-0.2, -0.15) is 0 Å². The average molecular weight is 854 g/mol. The molecule has 67 heavy (non-hydrogen) atoms. The third-order valence-corrected chi connectivity index (χ3v) is 14.0. The second kappa shape index (κ2) is 16.8. The molecule has 1 aliphatic carbocycles. The van der Waals surface area contributed by atoms with Crippen LogP contribution >= 0.6 is 0 Å². The summed E-state index contributed by atoms with van der Waals surface area (Å²) in [5.41, 5.74) is 21.6. The van der Waals surface area contributed by atoms with Gasteiger partial charge in [0.05, 0.1) is 5.69 Å². The Morgan fingerprint density at radius 1 is 0.284 bits per heavy atom. The lowest BCUT2D eigenvalue weighted by Crippen LogP contribution is -2.22. The number of para-hydroxylation sites is 1. The number of benzene rings is 11. The van der Waals surface area contributed by atoms with Gasteiger partial charge in [0.25, 0.3) is 0 Å². The van der Waals surface area contributed by atoms with E-state index in [2.05, 4.69) is 279 Å². The van der Waals surface area contributed by atoms with E-state index in [0.29, 0.717) is 0 Å². The highest BCUT2D eigenvalue weighted by Gasteiger charge is 2.41. The van der Waals surface area contributed by atoms with E-state index in [-0.39, 0.29) is 5.41 Å². The minimum Gasteiger partial charge on any atom is -0.310 e. The van der Waals surface area contributed by atoms with E-state index in [1.54, 1.807) is 0 Å². The van der Waals surface area contributed by atoms with Gasteiger partial charge in [-0.05, 0) is 138 Å². The minimum absolute atomic E-state index is 0.257. The maximum absolute atomic E-state index is 2.41. The summed E-state index contributed by atoms with van der Waals surface area (Å²) in [6.07, 6.45) is 0. The average Bonchev–Trinajstić information content (AvgIpc) is 3.68. The lowest BCUT2D eigenvalue weighted by atomic mass is 9.74. The summed E-state index contributed by atoms with van der Waals surface area (Å²) in [5, 5.41) is 2.51. The number of hydrogen-bond acceptors (Lipinski definition) is 1. The van der Waals surface area contributed by atoms with Crippen molar-refractivity contribution in [3.8, 4) is 66.8 Å². The Kier molecular flexibility index (Phi) is 10.0. The van der Waals surface area contributed by atoms with E-state index in [4.69, 9.17) is 0 Å². The fraction of sp³-hybridized carbons (Fsp3) is 0.0303. The number of anilines is 3. The van der Waals surface area contributed by atoms with E-state index in [1.165, 1.54) is 88.7 Å². The van der Waals surface area contributed by atoms with Crippen LogP contribution in [-0.4, -0.2) is 0 Å². The van der Waals surface area contributed by atoms with E-state index in [0.717, 1.165) is 22.6 Å². The molecule has 0 bridgehead atoms. The van der Waals surface area contributed by atoms with Crippen molar-refractivity contribution >= 4 is 27.8 Å². The van der Waals surface area contributed by atoms with Crippen molar-refractivity contribution < 1.29 is 0 Å². The summed E-state index contributed by atoms with van der Waals surface area (Å²) in [5.74, 6) is 0. The van der Waals surface area contributed by atoms with Crippen LogP contribution in [0, 0.1) is 0 Å². The molecule has 1 atom stereocenters. The maximum atomic E-state index is 2.41. The zero-order valence-corrected chi connectivity index (χ0v) is 37.4. The molecule has 0 radical (unpaired) electrons. The molecular formula is C66H47N. The van der Waals surface area contributed by atoms with Gasteiger partial charge in [-0.25, -0.2) is 0 Å². The Balaban J connectivity index is 0.941. The van der Waals surface area contributed by atoms with E-state index >= 15 is 0 Å². The van der Waals surface area contributed by atoms with Gasteiger partial charge < -0.3 is 4.90 Å². The Morgan fingerprint density at radius 3 is 1.48 bits per heavy atom. The first-order valence-electron chi connectivity index (χ1n) is 23.2. The Morgan fingerprint density at radius 2 is 0.746 bits per heavy atom. The SMILES string of the molecule is CC1(c2ccccc2)c2ccccc2-c2c(-c3ccc(N(c4ccc(-c5ccc(-c6ccc7ccccc7c6)cc5)cc4)c4ccccc4-c4cccc(-c5ccccc5)c4)cc3)cccc21. The number of fused-ring (bicyclic) bond motifs is 4. The van der Waals surface area contributed by atoms with Crippen LogP contribution in [0.1, 0.15) is 23.6 Å². The van der Waals surface area contributed by atoms with Gasteiger partial charge in [-0.15, -0.1) is 0 Å². The lowest BCUT2D eigenvalue weighted by molar-refractivity contribution is 0.714.